The van der Waals surface area contributed by atoms with Crippen molar-refractivity contribution < 1.29 is 14.7 Å². The topological polar surface area (TPSA) is 82.5 Å². The molecule has 1 fully saturated rings. The van der Waals surface area contributed by atoms with Crippen LogP contribution in [0.1, 0.15) is 59.3 Å². The normalized spacial score (nSPS) is 19.9. The monoisotopic (exact) mass is 413 g/mol. The molecule has 1 heterocycles. The van der Waals surface area contributed by atoms with E-state index in [1.165, 1.54) is 42.4 Å². The van der Waals surface area contributed by atoms with Crippen LogP contribution in [0.5, 0.6) is 0 Å². The van der Waals surface area contributed by atoms with Crippen molar-refractivity contribution in [3.63, 3.8) is 0 Å². The summed E-state index contributed by atoms with van der Waals surface area (Å²) in [6, 6.07) is 0.215. The molecule has 0 unspecified atom stereocenters. The maximum Gasteiger partial charge on any atom is 0.323 e. The van der Waals surface area contributed by atoms with Crippen molar-refractivity contribution in [2.24, 2.45) is 11.8 Å². The summed E-state index contributed by atoms with van der Waals surface area (Å²) in [5.41, 5.74) is 0. The first-order chi connectivity index (χ1) is 12.9. The van der Waals surface area contributed by atoms with Crippen LogP contribution in [0.2, 0.25) is 0 Å². The summed E-state index contributed by atoms with van der Waals surface area (Å²) in [7, 11) is 0. The molecule has 0 bridgehead atoms. The largest absolute Gasteiger partial charge is 0.481 e. The minimum atomic E-state index is -0.860. The fourth-order valence-corrected chi connectivity index (χ4v) is 4.97. The van der Waals surface area contributed by atoms with E-state index in [0.717, 1.165) is 35.9 Å². The summed E-state index contributed by atoms with van der Waals surface area (Å²) in [6.45, 7) is 7.36. The zero-order valence-electron chi connectivity index (χ0n) is 16.4. The molecule has 0 atom stereocenters. The fourth-order valence-electron chi connectivity index (χ4n) is 3.39. The van der Waals surface area contributed by atoms with Crippen LogP contribution in [-0.4, -0.2) is 45.3 Å². The molecule has 2 amide bonds. The van der Waals surface area contributed by atoms with Crippen LogP contribution in [0.4, 0.5) is 9.93 Å². The average Bonchev–Trinajstić information content (AvgIpc) is 3.07. The third-order valence-corrected chi connectivity index (χ3v) is 7.17. The van der Waals surface area contributed by atoms with Crippen LogP contribution in [0.3, 0.4) is 0 Å². The maximum absolute atomic E-state index is 12.9. The summed E-state index contributed by atoms with van der Waals surface area (Å²) < 4.78 is 0.796. The highest BCUT2D eigenvalue weighted by molar-refractivity contribution is 8.01. The maximum atomic E-state index is 12.9. The number of aliphatic carboxylic acids is 1. The number of carboxylic acid groups (broad SMARTS) is 1. The Morgan fingerprint density at radius 1 is 1.37 bits per heavy atom. The number of hydrogen-bond donors (Lipinski definition) is 2. The number of thioether (sulfide) groups is 1. The van der Waals surface area contributed by atoms with Crippen molar-refractivity contribution in [3.8, 4) is 0 Å². The number of urea groups is 1. The van der Waals surface area contributed by atoms with E-state index in [1.807, 2.05) is 4.90 Å². The highest BCUT2D eigenvalue weighted by Gasteiger charge is 2.28. The molecule has 2 N–H and O–H groups in total. The number of carbonyl (C=O) groups excluding carboxylic acids is 1. The number of aromatic nitrogens is 1. The zero-order valence-corrected chi connectivity index (χ0v) is 18.1. The molecule has 0 radical (unpaired) electrons. The Hall–Kier alpha value is -1.28. The first-order valence-electron chi connectivity index (χ1n) is 9.77. The summed E-state index contributed by atoms with van der Waals surface area (Å²) >= 11 is 2.55. The van der Waals surface area contributed by atoms with Gasteiger partial charge in [-0.3, -0.25) is 10.1 Å². The van der Waals surface area contributed by atoms with Gasteiger partial charge in [-0.25, -0.2) is 9.78 Å². The molecule has 1 saturated carbocycles. The van der Waals surface area contributed by atoms with Crippen LogP contribution in [-0.2, 0) is 4.79 Å². The minimum Gasteiger partial charge on any atom is -0.481 e. The van der Waals surface area contributed by atoms with Crippen molar-refractivity contribution >= 4 is 40.2 Å². The lowest BCUT2D eigenvalue weighted by Gasteiger charge is -2.37. The van der Waals surface area contributed by atoms with E-state index in [9.17, 15) is 9.59 Å². The molecule has 6 nitrogen and oxygen atoms in total. The van der Waals surface area contributed by atoms with Crippen LogP contribution in [0.15, 0.2) is 10.4 Å². The number of hydrogen-bond acceptors (Lipinski definition) is 5. The van der Waals surface area contributed by atoms with Crippen molar-refractivity contribution in [2.75, 3.05) is 17.6 Å². The Balaban J connectivity index is 1.97. The second-order valence-corrected chi connectivity index (χ2v) is 9.86. The quantitative estimate of drug-likeness (QED) is 0.546. The lowest BCUT2D eigenvalue weighted by atomic mass is 9.84. The van der Waals surface area contributed by atoms with E-state index in [0.29, 0.717) is 17.1 Å². The van der Waals surface area contributed by atoms with Crippen molar-refractivity contribution in [2.45, 2.75) is 69.5 Å². The van der Waals surface area contributed by atoms with E-state index in [4.69, 9.17) is 5.11 Å². The Labute approximate surface area is 170 Å². The molecule has 0 spiro atoms. The van der Waals surface area contributed by atoms with E-state index in [1.54, 1.807) is 6.20 Å². The molecule has 2 rings (SSSR count). The van der Waals surface area contributed by atoms with Gasteiger partial charge in [-0.15, -0.1) is 11.8 Å². The molecular formula is C19H31N3O3S2. The molecule has 1 aromatic rings. The number of anilines is 1. The summed E-state index contributed by atoms with van der Waals surface area (Å²) in [4.78, 5) is 29.8. The van der Waals surface area contributed by atoms with Crippen LogP contribution < -0.4 is 5.32 Å². The Morgan fingerprint density at radius 2 is 2.07 bits per heavy atom. The predicted molar refractivity (Wildman–Crippen MR) is 112 cm³/mol. The molecule has 0 aliphatic heterocycles. The van der Waals surface area contributed by atoms with Crippen LogP contribution >= 0.6 is 23.1 Å². The summed E-state index contributed by atoms with van der Waals surface area (Å²) in [5.74, 6) is 0.480. The smallest absolute Gasteiger partial charge is 0.323 e. The molecule has 1 aliphatic carbocycles. The van der Waals surface area contributed by atoms with Gasteiger partial charge < -0.3 is 10.0 Å². The molecule has 152 valence electrons. The van der Waals surface area contributed by atoms with Crippen molar-refractivity contribution in [1.82, 2.24) is 9.88 Å². The second kappa shape index (κ2) is 10.9. The van der Waals surface area contributed by atoms with E-state index >= 15 is 0 Å². The number of nitrogens with one attached hydrogen (secondary N) is 1. The molecule has 1 aromatic heterocycles. The van der Waals surface area contributed by atoms with Crippen LogP contribution in [0, 0.1) is 11.8 Å². The molecular weight excluding hydrogens is 382 g/mol. The van der Waals surface area contributed by atoms with Gasteiger partial charge in [-0.1, -0.05) is 38.5 Å². The standard InChI is InChI=1S/C19H31N3O3S2/c1-4-14-5-7-15(8-6-14)22(10-9-13(2)3)19(25)21-18-20-11-17(27-18)26-12-16(23)24/h11,13-15H,4-10,12H2,1-3H3,(H,23,24)(H,20,21,25). The van der Waals surface area contributed by atoms with Crippen LogP contribution in [0.25, 0.3) is 0 Å². The van der Waals surface area contributed by atoms with Gasteiger partial charge in [-0.2, -0.15) is 0 Å². The third kappa shape index (κ3) is 7.33. The van der Waals surface area contributed by atoms with E-state index < -0.39 is 5.97 Å². The number of carbonyl (C=O) groups is 2. The van der Waals surface area contributed by atoms with Gasteiger partial charge in [-0.05, 0) is 43.9 Å². The number of nitrogens with zero attached hydrogens (tertiary/aromatic N) is 2. The molecule has 0 saturated heterocycles. The number of carboxylic acids is 1. The number of rotatable bonds is 9. The van der Waals surface area contributed by atoms with Crippen molar-refractivity contribution in [3.05, 3.63) is 6.20 Å². The van der Waals surface area contributed by atoms with Crippen molar-refractivity contribution in [1.29, 1.82) is 0 Å². The highest BCUT2D eigenvalue weighted by atomic mass is 32.2. The first kappa shape index (κ1) is 22.0. The minimum absolute atomic E-state index is 0.00321. The summed E-state index contributed by atoms with van der Waals surface area (Å²) in [5, 5.41) is 12.2. The fraction of sp³-hybridized carbons (Fsp3) is 0.737. The Bertz CT molecular complexity index is 613. The number of amides is 2. The third-order valence-electron chi connectivity index (χ3n) is 5.08. The van der Waals surface area contributed by atoms with Gasteiger partial charge in [0, 0.05) is 12.6 Å². The number of thiazole rings is 1. The zero-order chi connectivity index (χ0) is 19.8. The highest BCUT2D eigenvalue weighted by Crippen LogP contribution is 2.31. The SMILES string of the molecule is CCC1CCC(N(CCC(C)C)C(=O)Nc2ncc(SCC(=O)O)s2)CC1. The molecule has 8 heteroatoms. The van der Waals surface area contributed by atoms with Gasteiger partial charge in [0.15, 0.2) is 5.13 Å². The van der Waals surface area contributed by atoms with E-state index in [2.05, 4.69) is 31.1 Å². The molecule has 0 aromatic carbocycles. The lowest BCUT2D eigenvalue weighted by molar-refractivity contribution is -0.133. The molecule has 27 heavy (non-hydrogen) atoms. The first-order valence-corrected chi connectivity index (χ1v) is 11.6. The Kier molecular flexibility index (Phi) is 8.89. The Morgan fingerprint density at radius 3 is 2.67 bits per heavy atom. The lowest BCUT2D eigenvalue weighted by Crippen LogP contribution is -2.45. The second-order valence-electron chi connectivity index (χ2n) is 7.56. The van der Waals surface area contributed by atoms with Gasteiger partial charge >= 0.3 is 12.0 Å². The summed E-state index contributed by atoms with van der Waals surface area (Å²) in [6.07, 6.45) is 8.36. The van der Waals surface area contributed by atoms with Gasteiger partial charge in [0.2, 0.25) is 0 Å². The van der Waals surface area contributed by atoms with E-state index in [-0.39, 0.29) is 11.8 Å². The van der Waals surface area contributed by atoms with Gasteiger partial charge in [0.25, 0.3) is 0 Å². The predicted octanol–water partition coefficient (Wildman–Crippen LogP) is 5.17. The molecule has 1 aliphatic rings. The average molecular weight is 414 g/mol. The van der Waals surface area contributed by atoms with Gasteiger partial charge in [0.1, 0.15) is 0 Å². The van der Waals surface area contributed by atoms with Gasteiger partial charge in [0.05, 0.1) is 16.2 Å².